The molecule has 2 aromatic rings. The molecule has 0 bridgehead atoms. The molecule has 0 amide bonds. The summed E-state index contributed by atoms with van der Waals surface area (Å²) in [4.78, 5) is 12.7. The molecule has 16 heavy (non-hydrogen) atoms. The lowest BCUT2D eigenvalue weighted by atomic mass is 10.1. The second-order valence-electron chi connectivity index (χ2n) is 3.14. The van der Waals surface area contributed by atoms with Crippen LogP contribution in [0.3, 0.4) is 0 Å². The van der Waals surface area contributed by atoms with Crippen molar-refractivity contribution in [1.29, 1.82) is 0 Å². The first-order valence-corrected chi connectivity index (χ1v) is 6.42. The first-order chi connectivity index (χ1) is 7.59. The summed E-state index contributed by atoms with van der Waals surface area (Å²) >= 11 is 10.6. The van der Waals surface area contributed by atoms with Gasteiger partial charge in [-0.25, -0.2) is 0 Å². The maximum Gasteiger partial charge on any atom is 0.206 e. The highest BCUT2D eigenvalue weighted by Gasteiger charge is 2.17. The average molecular weight is 317 g/mol. The second kappa shape index (κ2) is 4.57. The van der Waals surface area contributed by atoms with E-state index in [1.807, 2.05) is 6.07 Å². The van der Waals surface area contributed by atoms with E-state index in [2.05, 4.69) is 15.9 Å². The van der Waals surface area contributed by atoms with Crippen molar-refractivity contribution < 1.29 is 4.79 Å². The van der Waals surface area contributed by atoms with E-state index in [0.29, 0.717) is 21.2 Å². The lowest BCUT2D eigenvalue weighted by Crippen LogP contribution is -2.04. The molecule has 0 saturated heterocycles. The zero-order chi connectivity index (χ0) is 11.7. The molecule has 0 aliphatic heterocycles. The third-order valence-electron chi connectivity index (χ3n) is 2.07. The molecule has 1 aromatic carbocycles. The Hall–Kier alpha value is -0.840. The molecular weight excluding hydrogens is 310 g/mol. The zero-order valence-electron chi connectivity index (χ0n) is 8.04. The highest BCUT2D eigenvalue weighted by molar-refractivity contribution is 9.11. The third kappa shape index (κ3) is 2.14. The summed E-state index contributed by atoms with van der Waals surface area (Å²) in [6.07, 6.45) is 0. The first kappa shape index (κ1) is 11.6. The SMILES string of the molecule is Nc1cccc(Cl)c1C(=O)c1ccc(Br)s1. The van der Waals surface area contributed by atoms with Crippen LogP contribution >= 0.6 is 38.9 Å². The molecule has 0 atom stereocenters. The number of carbonyl (C=O) groups excluding carboxylic acids is 1. The Kier molecular flexibility index (Phi) is 3.33. The predicted octanol–water partition coefficient (Wildman–Crippen LogP) is 3.98. The molecule has 2 rings (SSSR count). The van der Waals surface area contributed by atoms with E-state index < -0.39 is 0 Å². The molecule has 5 heteroatoms. The third-order valence-corrected chi connectivity index (χ3v) is 4.01. The molecule has 0 fully saturated rings. The van der Waals surface area contributed by atoms with Crippen LogP contribution in [0.25, 0.3) is 0 Å². The second-order valence-corrected chi connectivity index (χ2v) is 6.01. The summed E-state index contributed by atoms with van der Waals surface area (Å²) in [7, 11) is 0. The minimum absolute atomic E-state index is 0.140. The molecule has 0 radical (unpaired) electrons. The van der Waals surface area contributed by atoms with E-state index >= 15 is 0 Å². The number of ketones is 1. The largest absolute Gasteiger partial charge is 0.398 e. The fourth-order valence-corrected chi connectivity index (χ4v) is 2.94. The molecule has 82 valence electrons. The lowest BCUT2D eigenvalue weighted by Gasteiger charge is -2.04. The van der Waals surface area contributed by atoms with Crippen LogP contribution in [-0.4, -0.2) is 5.78 Å². The monoisotopic (exact) mass is 315 g/mol. The van der Waals surface area contributed by atoms with Crippen LogP contribution in [0.5, 0.6) is 0 Å². The quantitative estimate of drug-likeness (QED) is 0.673. The van der Waals surface area contributed by atoms with Crippen molar-refractivity contribution in [3.8, 4) is 0 Å². The fourth-order valence-electron chi connectivity index (χ4n) is 1.34. The van der Waals surface area contributed by atoms with E-state index in [9.17, 15) is 4.79 Å². The molecule has 0 spiro atoms. The van der Waals surface area contributed by atoms with Gasteiger partial charge in [0.1, 0.15) is 0 Å². The van der Waals surface area contributed by atoms with E-state index in [4.69, 9.17) is 17.3 Å². The van der Waals surface area contributed by atoms with Gasteiger partial charge in [-0.05, 0) is 40.2 Å². The van der Waals surface area contributed by atoms with Crippen LogP contribution in [0, 0.1) is 0 Å². The number of halogens is 2. The Bertz CT molecular complexity index is 532. The van der Waals surface area contributed by atoms with Gasteiger partial charge in [0.15, 0.2) is 0 Å². The van der Waals surface area contributed by atoms with Gasteiger partial charge < -0.3 is 5.73 Å². The number of thiophene rings is 1. The number of hydrogen-bond donors (Lipinski definition) is 1. The summed E-state index contributed by atoms with van der Waals surface area (Å²) in [6.45, 7) is 0. The average Bonchev–Trinajstić information content (AvgIpc) is 2.64. The zero-order valence-corrected chi connectivity index (χ0v) is 11.2. The number of anilines is 1. The topological polar surface area (TPSA) is 43.1 Å². The Morgan fingerprint density at radius 1 is 1.31 bits per heavy atom. The summed E-state index contributed by atoms with van der Waals surface area (Å²) in [5, 5.41) is 0.384. The summed E-state index contributed by atoms with van der Waals surface area (Å²) < 4.78 is 0.904. The Morgan fingerprint density at radius 3 is 2.62 bits per heavy atom. The van der Waals surface area contributed by atoms with Gasteiger partial charge in [-0.3, -0.25) is 4.79 Å². The molecule has 2 nitrogen and oxygen atoms in total. The summed E-state index contributed by atoms with van der Waals surface area (Å²) in [5.74, 6) is -0.140. The van der Waals surface area contributed by atoms with E-state index in [1.54, 1.807) is 24.3 Å². The Labute approximate surface area is 110 Å². The number of rotatable bonds is 2. The van der Waals surface area contributed by atoms with Crippen LogP contribution in [0.2, 0.25) is 5.02 Å². The van der Waals surface area contributed by atoms with Crippen molar-refractivity contribution in [2.75, 3.05) is 5.73 Å². The van der Waals surface area contributed by atoms with Gasteiger partial charge in [0, 0.05) is 5.69 Å². The van der Waals surface area contributed by atoms with Gasteiger partial charge >= 0.3 is 0 Å². The highest BCUT2D eigenvalue weighted by Crippen LogP contribution is 2.29. The maximum absolute atomic E-state index is 12.1. The van der Waals surface area contributed by atoms with E-state index in [0.717, 1.165) is 3.79 Å². The number of carbonyl (C=O) groups is 1. The van der Waals surface area contributed by atoms with Crippen molar-refractivity contribution in [2.45, 2.75) is 0 Å². The van der Waals surface area contributed by atoms with Crippen molar-refractivity contribution in [3.63, 3.8) is 0 Å². The fraction of sp³-hybridized carbons (Fsp3) is 0. The molecule has 1 heterocycles. The van der Waals surface area contributed by atoms with Gasteiger partial charge in [0.25, 0.3) is 0 Å². The number of benzene rings is 1. The standard InChI is InChI=1S/C11H7BrClNOS/c12-9-5-4-8(16-9)11(15)10-6(13)2-1-3-7(10)14/h1-5H,14H2. The van der Waals surface area contributed by atoms with Gasteiger partial charge in [-0.15, -0.1) is 11.3 Å². The van der Waals surface area contributed by atoms with Gasteiger partial charge in [0.05, 0.1) is 19.2 Å². The van der Waals surface area contributed by atoms with Crippen LogP contribution in [0.1, 0.15) is 15.2 Å². The van der Waals surface area contributed by atoms with Gasteiger partial charge in [0.2, 0.25) is 5.78 Å². The summed E-state index contributed by atoms with van der Waals surface area (Å²) in [5.41, 5.74) is 6.53. The number of nitrogen functional groups attached to an aromatic ring is 1. The maximum atomic E-state index is 12.1. The van der Waals surface area contributed by atoms with Gasteiger partial charge in [-0.2, -0.15) is 0 Å². The minimum atomic E-state index is -0.140. The van der Waals surface area contributed by atoms with E-state index in [-0.39, 0.29) is 5.78 Å². The summed E-state index contributed by atoms with van der Waals surface area (Å²) in [6, 6.07) is 8.62. The minimum Gasteiger partial charge on any atom is -0.398 e. The number of hydrogen-bond acceptors (Lipinski definition) is 3. The van der Waals surface area contributed by atoms with Gasteiger partial charge in [-0.1, -0.05) is 17.7 Å². The van der Waals surface area contributed by atoms with Crippen LogP contribution < -0.4 is 5.73 Å². The molecule has 0 aliphatic carbocycles. The Balaban J connectivity index is 2.49. The molecular formula is C11H7BrClNOS. The van der Waals surface area contributed by atoms with Crippen LogP contribution in [0.15, 0.2) is 34.1 Å². The predicted molar refractivity (Wildman–Crippen MR) is 71.3 cm³/mol. The van der Waals surface area contributed by atoms with Crippen molar-refractivity contribution in [3.05, 3.63) is 49.6 Å². The van der Waals surface area contributed by atoms with Crippen LogP contribution in [0.4, 0.5) is 5.69 Å². The highest BCUT2D eigenvalue weighted by atomic mass is 79.9. The smallest absolute Gasteiger partial charge is 0.206 e. The number of nitrogens with two attached hydrogens (primary N) is 1. The molecule has 0 saturated carbocycles. The first-order valence-electron chi connectivity index (χ1n) is 4.43. The van der Waals surface area contributed by atoms with Crippen molar-refractivity contribution in [1.82, 2.24) is 0 Å². The van der Waals surface area contributed by atoms with Crippen LogP contribution in [-0.2, 0) is 0 Å². The normalized spacial score (nSPS) is 10.4. The Morgan fingerprint density at radius 2 is 2.06 bits per heavy atom. The molecule has 0 aliphatic rings. The van der Waals surface area contributed by atoms with Crippen molar-refractivity contribution in [2.24, 2.45) is 0 Å². The lowest BCUT2D eigenvalue weighted by molar-refractivity contribution is 0.104. The molecule has 1 aromatic heterocycles. The molecule has 0 unspecified atom stereocenters. The van der Waals surface area contributed by atoms with E-state index in [1.165, 1.54) is 11.3 Å². The molecule has 2 N–H and O–H groups in total. The van der Waals surface area contributed by atoms with Crippen molar-refractivity contribution >= 4 is 50.3 Å².